The zero-order valence-corrected chi connectivity index (χ0v) is 18.2. The van der Waals surface area contributed by atoms with Crippen LogP contribution < -0.4 is 4.72 Å². The van der Waals surface area contributed by atoms with Gasteiger partial charge in [-0.1, -0.05) is 11.6 Å². The molecule has 0 spiro atoms. The summed E-state index contributed by atoms with van der Waals surface area (Å²) in [6, 6.07) is 0. The second kappa shape index (κ2) is 8.73. The molecule has 1 aliphatic carbocycles. The van der Waals surface area contributed by atoms with Crippen LogP contribution in [0.5, 0.6) is 0 Å². The van der Waals surface area contributed by atoms with Crippen molar-refractivity contribution in [3.63, 3.8) is 0 Å². The highest BCUT2D eigenvalue weighted by atomic mass is 35.5. The predicted octanol–water partition coefficient (Wildman–Crippen LogP) is 3.15. The average molecular weight is 441 g/mol. The first-order valence-corrected chi connectivity index (χ1v) is 10.8. The zero-order valence-electron chi connectivity index (χ0n) is 16.7. The maximum atomic E-state index is 5.89. The van der Waals surface area contributed by atoms with Gasteiger partial charge in [-0.25, -0.2) is 9.97 Å². The lowest BCUT2D eigenvalue weighted by Gasteiger charge is -2.26. The molecule has 29 heavy (non-hydrogen) atoms. The molecule has 1 N–H and O–H groups in total. The molecule has 0 amide bonds. The molecule has 2 aromatic heterocycles. The van der Waals surface area contributed by atoms with Crippen molar-refractivity contribution in [2.24, 2.45) is 0 Å². The third kappa shape index (κ3) is 4.51. The average Bonchev–Trinajstić information content (AvgIpc) is 3.33. The van der Waals surface area contributed by atoms with E-state index in [9.17, 15) is 0 Å². The molecule has 3 atom stereocenters. The molecule has 1 aliphatic heterocycles. The Morgan fingerprint density at radius 1 is 1.31 bits per heavy atom. The lowest BCUT2D eigenvalue weighted by molar-refractivity contribution is -0.0952. The molecule has 3 heterocycles. The molecule has 0 bridgehead atoms. The Balaban J connectivity index is 1.49. The van der Waals surface area contributed by atoms with Gasteiger partial charge >= 0.3 is 0 Å². The molecular formula is C18H25ClN6O3S. The Morgan fingerprint density at radius 2 is 2.07 bits per heavy atom. The van der Waals surface area contributed by atoms with Crippen LogP contribution in [0.25, 0.3) is 0 Å². The number of hydrogen-bond donors (Lipinski definition) is 1. The second-order valence-electron chi connectivity index (χ2n) is 7.49. The van der Waals surface area contributed by atoms with Gasteiger partial charge in [0.25, 0.3) is 0 Å². The first-order chi connectivity index (χ1) is 14.0. The van der Waals surface area contributed by atoms with Crippen molar-refractivity contribution >= 4 is 29.5 Å². The van der Waals surface area contributed by atoms with E-state index in [-0.39, 0.29) is 23.0 Å². The number of ether oxygens (including phenoxy) is 3. The van der Waals surface area contributed by atoms with E-state index in [2.05, 4.69) is 36.4 Å². The SMILES string of the molecule is COC(c1ncc(Cl)cn1)C(C)SNc1nnc(C2COCCO2)n1C1(C)CC1. The zero-order chi connectivity index (χ0) is 20.4. The molecule has 2 aromatic rings. The summed E-state index contributed by atoms with van der Waals surface area (Å²) in [4.78, 5) is 8.57. The fraction of sp³-hybridized carbons (Fsp3) is 0.667. The number of anilines is 1. The van der Waals surface area contributed by atoms with Crippen LogP contribution in [0.15, 0.2) is 12.4 Å². The summed E-state index contributed by atoms with van der Waals surface area (Å²) >= 11 is 7.39. The molecular weight excluding hydrogens is 416 g/mol. The molecule has 3 unspecified atom stereocenters. The quantitative estimate of drug-likeness (QED) is 0.620. The minimum atomic E-state index is -0.299. The van der Waals surface area contributed by atoms with Crippen molar-refractivity contribution in [2.75, 3.05) is 31.7 Å². The van der Waals surface area contributed by atoms with Crippen LogP contribution in [-0.4, -0.2) is 56.9 Å². The summed E-state index contributed by atoms with van der Waals surface area (Å²) in [5.74, 6) is 2.10. The van der Waals surface area contributed by atoms with Crippen molar-refractivity contribution < 1.29 is 14.2 Å². The van der Waals surface area contributed by atoms with Crippen LogP contribution in [-0.2, 0) is 19.7 Å². The van der Waals surface area contributed by atoms with E-state index < -0.39 is 0 Å². The van der Waals surface area contributed by atoms with E-state index in [0.29, 0.717) is 36.6 Å². The summed E-state index contributed by atoms with van der Waals surface area (Å²) < 4.78 is 22.6. The number of halogens is 1. The molecule has 2 aliphatic rings. The summed E-state index contributed by atoms with van der Waals surface area (Å²) in [5.41, 5.74) is 0.00567. The number of rotatable bonds is 8. The van der Waals surface area contributed by atoms with E-state index in [1.165, 1.54) is 11.9 Å². The normalized spacial score (nSPS) is 22.8. The molecule has 0 aromatic carbocycles. The van der Waals surface area contributed by atoms with Crippen LogP contribution in [0.3, 0.4) is 0 Å². The van der Waals surface area contributed by atoms with Gasteiger partial charge in [0.2, 0.25) is 5.95 Å². The highest BCUT2D eigenvalue weighted by Gasteiger charge is 2.44. The fourth-order valence-electron chi connectivity index (χ4n) is 3.33. The Kier molecular flexibility index (Phi) is 6.26. The highest BCUT2D eigenvalue weighted by Crippen LogP contribution is 2.47. The number of nitrogens with zero attached hydrogens (tertiary/aromatic N) is 5. The summed E-state index contributed by atoms with van der Waals surface area (Å²) in [5, 5.41) is 9.32. The third-order valence-corrected chi connectivity index (χ3v) is 6.33. The van der Waals surface area contributed by atoms with E-state index in [1.807, 2.05) is 6.92 Å². The standard InChI is InChI=1S/C18H25ClN6O3S/c1-11(14(26-3)15-20-8-12(19)9-21-15)29-24-17-23-22-16(13-10-27-6-7-28-13)25(17)18(2)4-5-18/h8-9,11,13-14H,4-7,10H2,1-3H3,(H,23,24). The smallest absolute Gasteiger partial charge is 0.235 e. The summed E-state index contributed by atoms with van der Waals surface area (Å²) in [6.45, 7) is 5.94. The molecule has 11 heteroatoms. The van der Waals surface area contributed by atoms with Gasteiger partial charge < -0.3 is 14.2 Å². The minimum absolute atomic E-state index is 0.00567. The Morgan fingerprint density at radius 3 is 2.69 bits per heavy atom. The van der Waals surface area contributed by atoms with Crippen LogP contribution in [0.1, 0.15) is 50.5 Å². The van der Waals surface area contributed by atoms with E-state index in [4.69, 9.17) is 25.8 Å². The van der Waals surface area contributed by atoms with Crippen LogP contribution in [0.2, 0.25) is 5.02 Å². The van der Waals surface area contributed by atoms with Gasteiger partial charge in [-0.3, -0.25) is 9.29 Å². The molecule has 9 nitrogen and oxygen atoms in total. The Hall–Kier alpha value is -1.46. The van der Waals surface area contributed by atoms with E-state index in [0.717, 1.165) is 18.7 Å². The minimum Gasteiger partial charge on any atom is -0.376 e. The number of nitrogens with one attached hydrogen (secondary N) is 1. The Labute approximate surface area is 179 Å². The topological polar surface area (TPSA) is 96.2 Å². The van der Waals surface area contributed by atoms with Crippen molar-refractivity contribution in [2.45, 2.75) is 49.7 Å². The van der Waals surface area contributed by atoms with Gasteiger partial charge in [0, 0.05) is 25.0 Å². The van der Waals surface area contributed by atoms with Crippen LogP contribution in [0.4, 0.5) is 5.95 Å². The van der Waals surface area contributed by atoms with E-state index >= 15 is 0 Å². The third-order valence-electron chi connectivity index (χ3n) is 5.22. The largest absolute Gasteiger partial charge is 0.376 e. The Bertz CT molecular complexity index is 826. The van der Waals surface area contributed by atoms with Gasteiger partial charge in [-0.2, -0.15) is 0 Å². The maximum Gasteiger partial charge on any atom is 0.235 e. The van der Waals surface area contributed by atoms with Gasteiger partial charge in [-0.05, 0) is 38.6 Å². The molecule has 4 rings (SSSR count). The van der Waals surface area contributed by atoms with Crippen molar-refractivity contribution in [1.29, 1.82) is 0 Å². The fourth-order valence-corrected chi connectivity index (χ4v) is 4.21. The van der Waals surface area contributed by atoms with E-state index in [1.54, 1.807) is 19.5 Å². The van der Waals surface area contributed by atoms with Crippen molar-refractivity contribution in [1.82, 2.24) is 24.7 Å². The van der Waals surface area contributed by atoms with Gasteiger partial charge in [0.1, 0.15) is 12.2 Å². The lowest BCUT2D eigenvalue weighted by Crippen LogP contribution is -2.28. The number of aromatic nitrogens is 5. The second-order valence-corrected chi connectivity index (χ2v) is 9.11. The maximum absolute atomic E-state index is 5.89. The number of methoxy groups -OCH3 is 1. The molecule has 2 fully saturated rings. The first-order valence-electron chi connectivity index (χ1n) is 9.59. The summed E-state index contributed by atoms with van der Waals surface area (Å²) in [6.07, 6.45) is 4.82. The van der Waals surface area contributed by atoms with Crippen molar-refractivity contribution in [3.05, 3.63) is 29.1 Å². The van der Waals surface area contributed by atoms with Crippen LogP contribution >= 0.6 is 23.5 Å². The van der Waals surface area contributed by atoms with Crippen LogP contribution in [0, 0.1) is 0 Å². The number of hydrogen-bond acceptors (Lipinski definition) is 9. The molecule has 158 valence electrons. The predicted molar refractivity (Wildman–Crippen MR) is 110 cm³/mol. The first kappa shape index (κ1) is 20.8. The molecule has 1 saturated carbocycles. The van der Waals surface area contributed by atoms with Gasteiger partial charge in [0.05, 0.1) is 30.1 Å². The highest BCUT2D eigenvalue weighted by molar-refractivity contribution is 8.01. The molecule has 0 radical (unpaired) electrons. The van der Waals surface area contributed by atoms with Crippen molar-refractivity contribution in [3.8, 4) is 0 Å². The monoisotopic (exact) mass is 440 g/mol. The lowest BCUT2D eigenvalue weighted by atomic mass is 10.2. The summed E-state index contributed by atoms with van der Waals surface area (Å²) in [7, 11) is 1.64. The van der Waals surface area contributed by atoms with Gasteiger partial charge in [0.15, 0.2) is 11.6 Å². The molecule has 1 saturated heterocycles. The van der Waals surface area contributed by atoms with Gasteiger partial charge in [-0.15, -0.1) is 10.2 Å².